The summed E-state index contributed by atoms with van der Waals surface area (Å²) in [6.07, 6.45) is 5.92. The average Bonchev–Trinajstić information content (AvgIpc) is 3.09. The van der Waals surface area contributed by atoms with E-state index in [1.54, 1.807) is 12.5 Å². The average molecular weight is 255 g/mol. The Labute approximate surface area is 111 Å². The molecule has 1 fully saturated rings. The first-order chi connectivity index (χ1) is 9.36. The van der Waals surface area contributed by atoms with Crippen LogP contribution in [0.1, 0.15) is 29.9 Å². The van der Waals surface area contributed by atoms with Crippen molar-refractivity contribution < 1.29 is 8.83 Å². The van der Waals surface area contributed by atoms with Gasteiger partial charge in [0.2, 0.25) is 0 Å². The molecule has 0 spiro atoms. The van der Waals surface area contributed by atoms with E-state index < -0.39 is 0 Å². The van der Waals surface area contributed by atoms with Crippen molar-refractivity contribution in [3.63, 3.8) is 0 Å². The highest BCUT2D eigenvalue weighted by Gasteiger charge is 2.24. The summed E-state index contributed by atoms with van der Waals surface area (Å²) in [6.45, 7) is 4.27. The lowest BCUT2D eigenvalue weighted by atomic mass is 9.86. The Morgan fingerprint density at radius 1 is 1.00 bits per heavy atom. The van der Waals surface area contributed by atoms with Crippen LogP contribution in [0.5, 0.6) is 0 Å². The van der Waals surface area contributed by atoms with Gasteiger partial charge >= 0.3 is 0 Å². The van der Waals surface area contributed by atoms with Crippen LogP contribution in [0.2, 0.25) is 0 Å². The molecule has 0 radical (unpaired) electrons. The fourth-order valence-electron chi connectivity index (χ4n) is 3.39. The zero-order valence-corrected chi connectivity index (χ0v) is 11.0. The van der Waals surface area contributed by atoms with Crippen molar-refractivity contribution in [1.29, 1.82) is 0 Å². The molecule has 1 saturated heterocycles. The second kappa shape index (κ2) is 4.14. The van der Waals surface area contributed by atoms with Gasteiger partial charge in [0.25, 0.3) is 0 Å². The number of aryl methyl sites for hydroxylation is 1. The molecular formula is C16H17NO2. The Kier molecular flexibility index (Phi) is 2.42. The van der Waals surface area contributed by atoms with Crippen molar-refractivity contribution in [2.75, 3.05) is 13.1 Å². The summed E-state index contributed by atoms with van der Waals surface area (Å²) in [5, 5.41) is 5.84. The number of nitrogens with one attached hydrogen (secondary N) is 1. The highest BCUT2D eigenvalue weighted by Crippen LogP contribution is 2.40. The molecule has 0 saturated carbocycles. The number of hydrogen-bond donors (Lipinski definition) is 1. The zero-order chi connectivity index (χ0) is 12.8. The van der Waals surface area contributed by atoms with E-state index in [9.17, 15) is 0 Å². The smallest absolute Gasteiger partial charge is 0.138 e. The first-order valence-corrected chi connectivity index (χ1v) is 6.94. The third-order valence-corrected chi connectivity index (χ3v) is 4.36. The molecule has 3 nitrogen and oxygen atoms in total. The SMILES string of the molecule is Cc1c2ccoc2c(C2CCNCC2)c2ccoc12. The number of fused-ring (bicyclic) bond motifs is 2. The largest absolute Gasteiger partial charge is 0.464 e. The standard InChI is InChI=1S/C16H17NO2/c1-10-12-4-8-19-16(12)14(11-2-6-17-7-3-11)13-5-9-18-15(10)13/h4-5,8-9,11,17H,2-3,6-7H2,1H3. The number of furan rings is 2. The van der Waals surface area contributed by atoms with Crippen LogP contribution in [0, 0.1) is 6.92 Å². The van der Waals surface area contributed by atoms with E-state index in [2.05, 4.69) is 24.4 Å². The molecule has 0 bridgehead atoms. The minimum absolute atomic E-state index is 0.565. The Hall–Kier alpha value is -1.74. The van der Waals surface area contributed by atoms with Crippen LogP contribution in [0.15, 0.2) is 33.5 Å². The Balaban J connectivity index is 2.06. The highest BCUT2D eigenvalue weighted by atomic mass is 16.3. The van der Waals surface area contributed by atoms with E-state index in [0.29, 0.717) is 5.92 Å². The maximum absolute atomic E-state index is 5.80. The van der Waals surface area contributed by atoms with Gasteiger partial charge in [0, 0.05) is 21.9 Å². The summed E-state index contributed by atoms with van der Waals surface area (Å²) >= 11 is 0. The van der Waals surface area contributed by atoms with Crippen molar-refractivity contribution in [3.8, 4) is 0 Å². The van der Waals surface area contributed by atoms with Crippen molar-refractivity contribution in [1.82, 2.24) is 5.32 Å². The molecule has 1 N–H and O–H groups in total. The molecule has 0 unspecified atom stereocenters. The molecule has 1 aliphatic rings. The Morgan fingerprint density at radius 2 is 1.68 bits per heavy atom. The molecule has 1 aliphatic heterocycles. The van der Waals surface area contributed by atoms with E-state index in [0.717, 1.165) is 24.3 Å². The summed E-state index contributed by atoms with van der Waals surface area (Å²) in [7, 11) is 0. The topological polar surface area (TPSA) is 38.3 Å². The lowest BCUT2D eigenvalue weighted by Gasteiger charge is -2.24. The first kappa shape index (κ1) is 11.1. The molecule has 1 aromatic carbocycles. The first-order valence-electron chi connectivity index (χ1n) is 6.94. The quantitative estimate of drug-likeness (QED) is 0.715. The monoisotopic (exact) mass is 255 g/mol. The maximum Gasteiger partial charge on any atom is 0.138 e. The van der Waals surface area contributed by atoms with Crippen LogP contribution < -0.4 is 5.32 Å². The molecule has 3 heteroatoms. The van der Waals surface area contributed by atoms with Crippen molar-refractivity contribution in [3.05, 3.63) is 35.8 Å². The lowest BCUT2D eigenvalue weighted by molar-refractivity contribution is 0.459. The number of hydrogen-bond acceptors (Lipinski definition) is 3. The molecule has 3 aromatic rings. The molecule has 2 aromatic heterocycles. The Bertz CT molecular complexity index is 680. The van der Waals surface area contributed by atoms with Gasteiger partial charge in [-0.2, -0.15) is 0 Å². The second-order valence-electron chi connectivity index (χ2n) is 5.39. The predicted molar refractivity (Wildman–Crippen MR) is 75.6 cm³/mol. The lowest BCUT2D eigenvalue weighted by Crippen LogP contribution is -2.26. The normalized spacial score (nSPS) is 17.5. The minimum atomic E-state index is 0.565. The third-order valence-electron chi connectivity index (χ3n) is 4.36. The molecule has 19 heavy (non-hydrogen) atoms. The molecule has 98 valence electrons. The second-order valence-corrected chi connectivity index (χ2v) is 5.39. The molecular weight excluding hydrogens is 238 g/mol. The summed E-state index contributed by atoms with van der Waals surface area (Å²) < 4.78 is 11.5. The number of piperidine rings is 1. The van der Waals surface area contributed by atoms with Gasteiger partial charge in [-0.15, -0.1) is 0 Å². The Morgan fingerprint density at radius 3 is 2.47 bits per heavy atom. The van der Waals surface area contributed by atoms with Gasteiger partial charge in [0.15, 0.2) is 0 Å². The third kappa shape index (κ3) is 1.55. The summed E-state index contributed by atoms with van der Waals surface area (Å²) in [4.78, 5) is 0. The summed E-state index contributed by atoms with van der Waals surface area (Å²) in [5.41, 5.74) is 4.60. The highest BCUT2D eigenvalue weighted by molar-refractivity contribution is 6.01. The predicted octanol–water partition coefficient (Wildman–Crippen LogP) is 3.95. The van der Waals surface area contributed by atoms with Crippen LogP contribution in [0.4, 0.5) is 0 Å². The number of rotatable bonds is 1. The molecule has 4 rings (SSSR count). The fourth-order valence-corrected chi connectivity index (χ4v) is 3.39. The van der Waals surface area contributed by atoms with Gasteiger partial charge < -0.3 is 14.2 Å². The van der Waals surface area contributed by atoms with Crippen LogP contribution in [-0.2, 0) is 0 Å². The fraction of sp³-hybridized carbons (Fsp3) is 0.375. The van der Waals surface area contributed by atoms with Crippen molar-refractivity contribution in [2.45, 2.75) is 25.7 Å². The maximum atomic E-state index is 5.80. The molecule has 3 heterocycles. The van der Waals surface area contributed by atoms with E-state index in [1.165, 1.54) is 34.7 Å². The van der Waals surface area contributed by atoms with Crippen LogP contribution in [-0.4, -0.2) is 13.1 Å². The van der Waals surface area contributed by atoms with Crippen LogP contribution in [0.3, 0.4) is 0 Å². The van der Waals surface area contributed by atoms with Crippen LogP contribution >= 0.6 is 0 Å². The number of benzene rings is 1. The van der Waals surface area contributed by atoms with E-state index in [1.807, 2.05) is 0 Å². The van der Waals surface area contributed by atoms with E-state index in [4.69, 9.17) is 8.83 Å². The van der Waals surface area contributed by atoms with Gasteiger partial charge in [-0.3, -0.25) is 0 Å². The van der Waals surface area contributed by atoms with Gasteiger partial charge in [0.1, 0.15) is 11.2 Å². The van der Waals surface area contributed by atoms with E-state index in [-0.39, 0.29) is 0 Å². The van der Waals surface area contributed by atoms with Gasteiger partial charge in [-0.25, -0.2) is 0 Å². The van der Waals surface area contributed by atoms with Gasteiger partial charge in [-0.1, -0.05) is 0 Å². The summed E-state index contributed by atoms with van der Waals surface area (Å²) in [6, 6.07) is 4.14. The van der Waals surface area contributed by atoms with Crippen LogP contribution in [0.25, 0.3) is 21.9 Å². The summed E-state index contributed by atoms with van der Waals surface area (Å²) in [5.74, 6) is 0.565. The van der Waals surface area contributed by atoms with E-state index >= 15 is 0 Å². The van der Waals surface area contributed by atoms with Crippen molar-refractivity contribution in [2.24, 2.45) is 0 Å². The zero-order valence-electron chi connectivity index (χ0n) is 11.0. The molecule has 0 atom stereocenters. The van der Waals surface area contributed by atoms with Crippen molar-refractivity contribution >= 4 is 21.9 Å². The molecule has 0 amide bonds. The molecule has 0 aliphatic carbocycles. The van der Waals surface area contributed by atoms with Gasteiger partial charge in [-0.05, 0) is 50.9 Å². The minimum Gasteiger partial charge on any atom is -0.464 e. The van der Waals surface area contributed by atoms with Gasteiger partial charge in [0.05, 0.1) is 12.5 Å².